The Hall–Kier alpha value is -0.860. The molecule has 0 amide bonds. The minimum absolute atomic E-state index is 0.514. The molecule has 1 N–H and O–H groups in total. The van der Waals surface area contributed by atoms with Gasteiger partial charge in [0, 0.05) is 19.8 Å². The third-order valence-electron chi connectivity index (χ3n) is 3.13. The van der Waals surface area contributed by atoms with Gasteiger partial charge in [0.1, 0.15) is 0 Å². The lowest BCUT2D eigenvalue weighted by molar-refractivity contribution is 0.183. The molecule has 0 aliphatic rings. The Morgan fingerprint density at radius 1 is 1.29 bits per heavy atom. The van der Waals surface area contributed by atoms with E-state index >= 15 is 0 Å². The van der Waals surface area contributed by atoms with Crippen LogP contribution in [0, 0.1) is 13.8 Å². The maximum atomic E-state index is 5.17. The number of nitrogens with one attached hydrogen (secondary N) is 1. The number of ether oxygens (including phenoxy) is 1. The number of hydrogen-bond donors (Lipinski definition) is 1. The van der Waals surface area contributed by atoms with Crippen LogP contribution >= 0.6 is 0 Å². The summed E-state index contributed by atoms with van der Waals surface area (Å²) < 4.78 is 5.17. The predicted molar refractivity (Wildman–Crippen MR) is 73.6 cm³/mol. The molecular weight excluding hydrogens is 210 g/mol. The maximum Gasteiger partial charge on any atom is 0.0477 e. The Labute approximate surface area is 105 Å². The zero-order chi connectivity index (χ0) is 12.7. The van der Waals surface area contributed by atoms with Crippen LogP contribution in [0.4, 0.5) is 0 Å². The van der Waals surface area contributed by atoms with E-state index < -0.39 is 0 Å². The zero-order valence-corrected chi connectivity index (χ0v) is 11.5. The maximum absolute atomic E-state index is 5.17. The van der Waals surface area contributed by atoms with Crippen molar-refractivity contribution in [2.45, 2.75) is 39.7 Å². The summed E-state index contributed by atoms with van der Waals surface area (Å²) in [5, 5.41) is 3.53. The van der Waals surface area contributed by atoms with Crippen molar-refractivity contribution in [1.82, 2.24) is 5.32 Å². The van der Waals surface area contributed by atoms with Crippen molar-refractivity contribution in [2.75, 3.05) is 20.3 Å². The topological polar surface area (TPSA) is 21.3 Å². The standard InChI is InChI=1S/C15H25NO/c1-5-16-15(8-9-17-4)11-14-10-12(2)6-7-13(14)3/h6-7,10,15-16H,5,8-9,11H2,1-4H3. The van der Waals surface area contributed by atoms with E-state index in [4.69, 9.17) is 4.74 Å². The minimum Gasteiger partial charge on any atom is -0.385 e. The van der Waals surface area contributed by atoms with Gasteiger partial charge in [0.2, 0.25) is 0 Å². The molecule has 0 bridgehead atoms. The van der Waals surface area contributed by atoms with Crippen molar-refractivity contribution >= 4 is 0 Å². The van der Waals surface area contributed by atoms with E-state index in [0.29, 0.717) is 6.04 Å². The van der Waals surface area contributed by atoms with E-state index in [2.05, 4.69) is 44.3 Å². The van der Waals surface area contributed by atoms with E-state index in [1.807, 2.05) is 0 Å². The summed E-state index contributed by atoms with van der Waals surface area (Å²) in [4.78, 5) is 0. The normalized spacial score (nSPS) is 12.7. The number of likely N-dealkylation sites (N-methyl/N-ethyl adjacent to an activating group) is 1. The quantitative estimate of drug-likeness (QED) is 0.784. The van der Waals surface area contributed by atoms with Gasteiger partial charge in [0.05, 0.1) is 0 Å². The van der Waals surface area contributed by atoms with Gasteiger partial charge >= 0.3 is 0 Å². The second-order valence-electron chi connectivity index (χ2n) is 4.67. The number of methoxy groups -OCH3 is 1. The van der Waals surface area contributed by atoms with Gasteiger partial charge in [-0.2, -0.15) is 0 Å². The number of rotatable bonds is 7. The SMILES string of the molecule is CCNC(CCOC)Cc1cc(C)ccc1C. The Morgan fingerprint density at radius 3 is 2.71 bits per heavy atom. The summed E-state index contributed by atoms with van der Waals surface area (Å²) in [5.41, 5.74) is 4.18. The molecule has 0 fully saturated rings. The van der Waals surface area contributed by atoms with Crippen LogP contribution in [0.5, 0.6) is 0 Å². The van der Waals surface area contributed by atoms with Crippen molar-refractivity contribution in [3.05, 3.63) is 34.9 Å². The fourth-order valence-corrected chi connectivity index (χ4v) is 2.11. The summed E-state index contributed by atoms with van der Waals surface area (Å²) in [6.07, 6.45) is 2.16. The van der Waals surface area contributed by atoms with E-state index in [1.165, 1.54) is 16.7 Å². The molecule has 2 heteroatoms. The highest BCUT2D eigenvalue weighted by Gasteiger charge is 2.09. The second-order valence-corrected chi connectivity index (χ2v) is 4.67. The van der Waals surface area contributed by atoms with Crippen molar-refractivity contribution in [2.24, 2.45) is 0 Å². The van der Waals surface area contributed by atoms with Crippen molar-refractivity contribution in [3.8, 4) is 0 Å². The van der Waals surface area contributed by atoms with E-state index in [0.717, 1.165) is 26.0 Å². The Kier molecular flexibility index (Phi) is 6.23. The van der Waals surface area contributed by atoms with Crippen molar-refractivity contribution in [1.29, 1.82) is 0 Å². The van der Waals surface area contributed by atoms with Crippen LogP contribution in [0.15, 0.2) is 18.2 Å². The molecule has 0 heterocycles. The average molecular weight is 235 g/mol. The van der Waals surface area contributed by atoms with Gasteiger partial charge in [-0.15, -0.1) is 0 Å². The first-order valence-corrected chi connectivity index (χ1v) is 6.45. The van der Waals surface area contributed by atoms with Crippen LogP contribution in [-0.2, 0) is 11.2 Å². The lowest BCUT2D eigenvalue weighted by Crippen LogP contribution is -2.32. The molecule has 0 aromatic heterocycles. The molecule has 2 nitrogen and oxygen atoms in total. The molecule has 0 aliphatic carbocycles. The average Bonchev–Trinajstić information content (AvgIpc) is 2.31. The van der Waals surface area contributed by atoms with Crippen LogP contribution in [0.2, 0.25) is 0 Å². The molecule has 96 valence electrons. The summed E-state index contributed by atoms with van der Waals surface area (Å²) in [6.45, 7) is 8.33. The van der Waals surface area contributed by atoms with Crippen molar-refractivity contribution in [3.63, 3.8) is 0 Å². The second kappa shape index (κ2) is 7.46. The van der Waals surface area contributed by atoms with Crippen LogP contribution in [-0.4, -0.2) is 26.3 Å². The van der Waals surface area contributed by atoms with Gasteiger partial charge < -0.3 is 10.1 Å². The molecule has 1 unspecified atom stereocenters. The fourth-order valence-electron chi connectivity index (χ4n) is 2.11. The van der Waals surface area contributed by atoms with E-state index in [1.54, 1.807) is 7.11 Å². The first kappa shape index (κ1) is 14.2. The third-order valence-corrected chi connectivity index (χ3v) is 3.13. The highest BCUT2D eigenvalue weighted by molar-refractivity contribution is 5.31. The van der Waals surface area contributed by atoms with Crippen LogP contribution in [0.3, 0.4) is 0 Å². The Balaban J connectivity index is 2.67. The molecule has 0 saturated heterocycles. The zero-order valence-electron chi connectivity index (χ0n) is 11.5. The molecule has 0 saturated carbocycles. The van der Waals surface area contributed by atoms with Gasteiger partial charge in [0.15, 0.2) is 0 Å². The van der Waals surface area contributed by atoms with Gasteiger partial charge in [0.25, 0.3) is 0 Å². The summed E-state index contributed by atoms with van der Waals surface area (Å²) in [5.74, 6) is 0. The largest absolute Gasteiger partial charge is 0.385 e. The highest BCUT2D eigenvalue weighted by atomic mass is 16.5. The van der Waals surface area contributed by atoms with Crippen LogP contribution in [0.25, 0.3) is 0 Å². The molecule has 1 atom stereocenters. The van der Waals surface area contributed by atoms with E-state index in [-0.39, 0.29) is 0 Å². The first-order valence-electron chi connectivity index (χ1n) is 6.45. The van der Waals surface area contributed by atoms with Gasteiger partial charge in [-0.1, -0.05) is 30.7 Å². The molecular formula is C15H25NO. The first-order chi connectivity index (χ1) is 8.17. The number of aryl methyl sites for hydroxylation is 2. The number of hydrogen-bond acceptors (Lipinski definition) is 2. The molecule has 1 aromatic rings. The van der Waals surface area contributed by atoms with Crippen molar-refractivity contribution < 1.29 is 4.74 Å². The summed E-state index contributed by atoms with van der Waals surface area (Å²) >= 11 is 0. The minimum atomic E-state index is 0.514. The predicted octanol–water partition coefficient (Wildman–Crippen LogP) is 2.86. The Bertz CT molecular complexity index is 336. The van der Waals surface area contributed by atoms with Crippen LogP contribution in [0.1, 0.15) is 30.0 Å². The summed E-state index contributed by atoms with van der Waals surface area (Å²) in [7, 11) is 1.76. The molecule has 17 heavy (non-hydrogen) atoms. The molecule has 1 rings (SSSR count). The van der Waals surface area contributed by atoms with Gasteiger partial charge in [-0.05, 0) is 44.4 Å². The molecule has 0 spiro atoms. The lowest BCUT2D eigenvalue weighted by atomic mass is 9.97. The Morgan fingerprint density at radius 2 is 2.06 bits per heavy atom. The summed E-state index contributed by atoms with van der Waals surface area (Å²) in [6, 6.07) is 7.20. The third kappa shape index (κ3) is 4.88. The smallest absolute Gasteiger partial charge is 0.0477 e. The number of benzene rings is 1. The van der Waals surface area contributed by atoms with E-state index in [9.17, 15) is 0 Å². The lowest BCUT2D eigenvalue weighted by Gasteiger charge is -2.19. The molecule has 1 aromatic carbocycles. The molecule has 0 radical (unpaired) electrons. The van der Waals surface area contributed by atoms with Crippen LogP contribution < -0.4 is 5.32 Å². The fraction of sp³-hybridized carbons (Fsp3) is 0.600. The van der Waals surface area contributed by atoms with Gasteiger partial charge in [-0.25, -0.2) is 0 Å². The monoisotopic (exact) mass is 235 g/mol. The van der Waals surface area contributed by atoms with Gasteiger partial charge in [-0.3, -0.25) is 0 Å². The molecule has 0 aliphatic heterocycles. The highest BCUT2D eigenvalue weighted by Crippen LogP contribution is 2.14.